The SMILES string of the molecule is CCCCCCC[C@H](N)[C@H](O)C(=O)N[C@H](C(=O)N(C)[C@H](CC(C)C)C(=O)N1CCC[C@@H]1C(=O)N[C@@H](Cc1ccc(O)cc1)C(=O)O)[C@@H](C)CC. The summed E-state index contributed by atoms with van der Waals surface area (Å²) in [6, 6.07) is 1.07. The summed E-state index contributed by atoms with van der Waals surface area (Å²) in [5.74, 6) is -3.79. The lowest BCUT2D eigenvalue weighted by Gasteiger charge is -2.37. The van der Waals surface area contributed by atoms with Crippen LogP contribution in [-0.2, 0) is 30.4 Å². The first-order valence-corrected chi connectivity index (χ1v) is 18.2. The van der Waals surface area contributed by atoms with Gasteiger partial charge in [0.2, 0.25) is 17.7 Å². The number of phenols is 1. The fourth-order valence-electron chi connectivity index (χ4n) is 6.33. The van der Waals surface area contributed by atoms with E-state index >= 15 is 0 Å². The van der Waals surface area contributed by atoms with Crippen LogP contribution >= 0.6 is 0 Å². The molecular weight excluding hydrogens is 642 g/mol. The lowest BCUT2D eigenvalue weighted by Crippen LogP contribution is -2.60. The van der Waals surface area contributed by atoms with Crippen LogP contribution < -0.4 is 16.4 Å². The van der Waals surface area contributed by atoms with Crippen LogP contribution in [0.1, 0.15) is 104 Å². The molecule has 13 nitrogen and oxygen atoms in total. The summed E-state index contributed by atoms with van der Waals surface area (Å²) >= 11 is 0. The molecule has 1 aliphatic rings. The molecule has 1 heterocycles. The van der Waals surface area contributed by atoms with Gasteiger partial charge in [-0.05, 0) is 55.2 Å². The fraction of sp³-hybridized carbons (Fsp3) is 0.703. The highest BCUT2D eigenvalue weighted by molar-refractivity contribution is 5.95. The van der Waals surface area contributed by atoms with Crippen LogP contribution in [0.4, 0.5) is 0 Å². The average molecular weight is 704 g/mol. The van der Waals surface area contributed by atoms with E-state index in [1.54, 1.807) is 12.1 Å². The Labute approximate surface area is 297 Å². The lowest BCUT2D eigenvalue weighted by molar-refractivity contribution is -0.150. The van der Waals surface area contributed by atoms with Crippen LogP contribution in [0.15, 0.2) is 24.3 Å². The van der Waals surface area contributed by atoms with Gasteiger partial charge in [0, 0.05) is 26.1 Å². The van der Waals surface area contributed by atoms with Crippen molar-refractivity contribution >= 4 is 29.6 Å². The van der Waals surface area contributed by atoms with E-state index in [2.05, 4.69) is 17.6 Å². The number of nitrogens with zero attached hydrogens (tertiary/aromatic N) is 2. The zero-order valence-electron chi connectivity index (χ0n) is 30.8. The summed E-state index contributed by atoms with van der Waals surface area (Å²) in [7, 11) is 1.51. The Morgan fingerprint density at radius 1 is 1.00 bits per heavy atom. The smallest absolute Gasteiger partial charge is 0.326 e. The van der Waals surface area contributed by atoms with Crippen LogP contribution in [0, 0.1) is 11.8 Å². The van der Waals surface area contributed by atoms with Crippen LogP contribution in [0.3, 0.4) is 0 Å². The number of carboxylic acid groups (broad SMARTS) is 1. The molecule has 7 atom stereocenters. The summed E-state index contributed by atoms with van der Waals surface area (Å²) in [6.07, 6.45) is 5.66. The van der Waals surface area contributed by atoms with Gasteiger partial charge in [-0.2, -0.15) is 0 Å². The summed E-state index contributed by atoms with van der Waals surface area (Å²) in [6.45, 7) is 9.91. The number of rotatable bonds is 21. The number of carbonyl (C=O) groups excluding carboxylic acids is 4. The van der Waals surface area contributed by atoms with Crippen molar-refractivity contribution in [2.75, 3.05) is 13.6 Å². The van der Waals surface area contributed by atoms with Crippen molar-refractivity contribution < 1.29 is 39.3 Å². The number of amides is 4. The minimum absolute atomic E-state index is 0.00966. The zero-order valence-corrected chi connectivity index (χ0v) is 30.8. The van der Waals surface area contributed by atoms with Gasteiger partial charge in [0.05, 0.1) is 0 Å². The Bertz CT molecular complexity index is 1260. The average Bonchev–Trinajstić information content (AvgIpc) is 3.58. The molecule has 0 radical (unpaired) electrons. The lowest BCUT2D eigenvalue weighted by atomic mass is 9.94. The summed E-state index contributed by atoms with van der Waals surface area (Å²) < 4.78 is 0. The standard InChI is InChI=1S/C37H61N5O8/c1-7-9-10-11-12-14-27(38)32(44)34(46)40-31(24(5)8-2)36(48)41(6)30(21-23(3)4)35(47)42-20-13-15-29(42)33(45)39-28(37(49)50)22-25-16-18-26(43)19-17-25/h16-19,23-24,27-32,43-44H,7-15,20-22,38H2,1-6H3,(H,39,45)(H,40,46)(H,49,50)/t24-,27-,28-,29+,30+,31-,32-/m0/s1. The van der Waals surface area contributed by atoms with Gasteiger partial charge in [-0.1, -0.05) is 85.3 Å². The summed E-state index contributed by atoms with van der Waals surface area (Å²) in [5, 5.41) is 35.4. The number of hydrogen-bond donors (Lipinski definition) is 6. The molecule has 0 aliphatic carbocycles. The van der Waals surface area contributed by atoms with Gasteiger partial charge in [-0.15, -0.1) is 0 Å². The van der Waals surface area contributed by atoms with Gasteiger partial charge in [0.15, 0.2) is 0 Å². The Morgan fingerprint density at radius 2 is 1.64 bits per heavy atom. The largest absolute Gasteiger partial charge is 0.508 e. The van der Waals surface area contributed by atoms with E-state index in [9.17, 15) is 39.3 Å². The Hall–Kier alpha value is -3.71. The number of likely N-dealkylation sites (tertiary alicyclic amines) is 1. The molecule has 50 heavy (non-hydrogen) atoms. The quantitative estimate of drug-likeness (QED) is 0.104. The second-order valence-corrected chi connectivity index (χ2v) is 14.2. The molecule has 1 saturated heterocycles. The van der Waals surface area contributed by atoms with Gasteiger partial charge in [-0.3, -0.25) is 19.2 Å². The molecule has 2 rings (SSSR count). The Morgan fingerprint density at radius 3 is 2.22 bits per heavy atom. The number of unbranched alkanes of at least 4 members (excludes halogenated alkanes) is 4. The van der Waals surface area contributed by atoms with Crippen LogP contribution in [0.5, 0.6) is 5.75 Å². The van der Waals surface area contributed by atoms with Crippen LogP contribution in [0.25, 0.3) is 0 Å². The predicted octanol–water partition coefficient (Wildman–Crippen LogP) is 2.95. The number of aromatic hydroxyl groups is 1. The highest BCUT2D eigenvalue weighted by atomic mass is 16.4. The van der Waals surface area contributed by atoms with E-state index < -0.39 is 65.9 Å². The number of aliphatic hydroxyl groups excluding tert-OH is 1. The minimum atomic E-state index is -1.49. The molecule has 1 aliphatic heterocycles. The van der Waals surface area contributed by atoms with Crippen molar-refractivity contribution in [3.63, 3.8) is 0 Å². The van der Waals surface area contributed by atoms with Gasteiger partial charge in [0.25, 0.3) is 5.91 Å². The number of carboxylic acids is 1. The maximum atomic E-state index is 14.2. The Kier molecular flexibility index (Phi) is 17.7. The van der Waals surface area contributed by atoms with Crippen molar-refractivity contribution in [3.8, 4) is 5.75 Å². The molecule has 0 saturated carbocycles. The zero-order chi connectivity index (χ0) is 37.5. The normalized spacial score (nSPS) is 18.1. The number of benzene rings is 1. The van der Waals surface area contributed by atoms with Gasteiger partial charge in [-0.25, -0.2) is 4.79 Å². The minimum Gasteiger partial charge on any atom is -0.508 e. The molecule has 1 aromatic rings. The van der Waals surface area contributed by atoms with Gasteiger partial charge >= 0.3 is 5.97 Å². The van der Waals surface area contributed by atoms with Gasteiger partial charge in [0.1, 0.15) is 36.0 Å². The van der Waals surface area contributed by atoms with E-state index in [0.29, 0.717) is 31.2 Å². The molecule has 4 amide bonds. The van der Waals surface area contributed by atoms with E-state index in [1.807, 2.05) is 27.7 Å². The van der Waals surface area contributed by atoms with E-state index in [-0.39, 0.29) is 37.0 Å². The van der Waals surface area contributed by atoms with Crippen LogP contribution in [0.2, 0.25) is 0 Å². The van der Waals surface area contributed by atoms with E-state index in [0.717, 1.165) is 32.1 Å². The molecule has 1 fully saturated rings. The molecule has 282 valence electrons. The molecular formula is C37H61N5O8. The van der Waals surface area contributed by atoms with Crippen molar-refractivity contribution in [1.82, 2.24) is 20.4 Å². The molecule has 0 spiro atoms. The fourth-order valence-corrected chi connectivity index (χ4v) is 6.33. The number of phenolic OH excluding ortho intramolecular Hbond substituents is 1. The second-order valence-electron chi connectivity index (χ2n) is 14.2. The van der Waals surface area contributed by atoms with Crippen molar-refractivity contribution in [1.29, 1.82) is 0 Å². The first-order valence-electron chi connectivity index (χ1n) is 18.2. The predicted molar refractivity (Wildman–Crippen MR) is 191 cm³/mol. The number of hydrogen-bond acceptors (Lipinski definition) is 8. The molecule has 13 heteroatoms. The summed E-state index contributed by atoms with van der Waals surface area (Å²) in [5.41, 5.74) is 6.77. The van der Waals surface area contributed by atoms with E-state index in [4.69, 9.17) is 5.73 Å². The maximum Gasteiger partial charge on any atom is 0.326 e. The molecule has 1 aromatic carbocycles. The third kappa shape index (κ3) is 12.6. The number of aliphatic carboxylic acids is 1. The molecule has 0 aromatic heterocycles. The number of carbonyl (C=O) groups is 5. The molecule has 0 bridgehead atoms. The number of nitrogens with one attached hydrogen (secondary N) is 2. The van der Waals surface area contributed by atoms with Crippen molar-refractivity contribution in [3.05, 3.63) is 29.8 Å². The number of nitrogens with two attached hydrogens (primary N) is 1. The summed E-state index contributed by atoms with van der Waals surface area (Å²) in [4.78, 5) is 69.8. The number of aliphatic hydroxyl groups is 1. The maximum absolute atomic E-state index is 14.2. The van der Waals surface area contributed by atoms with Crippen molar-refractivity contribution in [2.24, 2.45) is 17.6 Å². The van der Waals surface area contributed by atoms with Crippen LogP contribution in [-0.4, -0.2) is 105 Å². The third-order valence-corrected chi connectivity index (χ3v) is 9.72. The first kappa shape index (κ1) is 42.5. The third-order valence-electron chi connectivity index (χ3n) is 9.72. The molecule has 0 unspecified atom stereocenters. The highest BCUT2D eigenvalue weighted by Gasteiger charge is 2.42. The van der Waals surface area contributed by atoms with Crippen molar-refractivity contribution in [2.45, 2.75) is 142 Å². The Balaban J connectivity index is 2.21. The topological polar surface area (TPSA) is 203 Å². The van der Waals surface area contributed by atoms with E-state index in [1.165, 1.54) is 29.0 Å². The first-order chi connectivity index (χ1) is 23.6. The number of likely N-dealkylation sites (N-methyl/N-ethyl adjacent to an activating group) is 1. The second kappa shape index (κ2) is 20.8. The van der Waals surface area contributed by atoms with Gasteiger partial charge < -0.3 is 41.5 Å². The monoisotopic (exact) mass is 703 g/mol. The highest BCUT2D eigenvalue weighted by Crippen LogP contribution is 2.24. The molecule has 7 N–H and O–H groups in total.